The predicted octanol–water partition coefficient (Wildman–Crippen LogP) is 11.3. The van der Waals surface area contributed by atoms with E-state index < -0.39 is 46.0 Å². The summed E-state index contributed by atoms with van der Waals surface area (Å²) in [5.74, 6) is -7.38. The summed E-state index contributed by atoms with van der Waals surface area (Å²) >= 11 is 0. The van der Waals surface area contributed by atoms with Crippen molar-refractivity contribution in [1.29, 1.82) is 0 Å². The topological polar surface area (TPSA) is 162 Å². The van der Waals surface area contributed by atoms with Gasteiger partial charge in [-0.25, -0.2) is 0 Å². The first kappa shape index (κ1) is 32.8. The van der Waals surface area contributed by atoms with Crippen LogP contribution in [0.5, 0.6) is 46.0 Å². The Kier molecular flexibility index (Phi) is 6.93. The third kappa shape index (κ3) is 4.47. The quantitative estimate of drug-likeness (QED) is 0.0385. The maximum atomic E-state index is 11.9. The van der Waals surface area contributed by atoms with Gasteiger partial charge in [0.2, 0.25) is 23.0 Å². The minimum absolute atomic E-state index is 0.00175. The molecule has 10 aromatic rings. The van der Waals surface area contributed by atoms with Gasteiger partial charge in [-0.15, -0.1) is 0 Å². The van der Waals surface area contributed by atoms with Crippen LogP contribution in [0, 0.1) is 0 Å². The first-order chi connectivity index (χ1) is 27.1. The normalized spacial score (nSPS) is 11.8. The van der Waals surface area contributed by atoms with Gasteiger partial charge in [-0.1, -0.05) is 115 Å². The summed E-state index contributed by atoms with van der Waals surface area (Å²) in [5.41, 5.74) is 2.28. The molecule has 0 spiro atoms. The summed E-state index contributed by atoms with van der Waals surface area (Å²) in [7, 11) is 0. The lowest BCUT2D eigenvalue weighted by Crippen LogP contribution is -1.96. The average molecular weight is 735 g/mol. The van der Waals surface area contributed by atoms with E-state index in [1.54, 1.807) is 18.2 Å². The molecule has 56 heavy (non-hydrogen) atoms. The minimum Gasteiger partial charge on any atom is -0.504 e. The van der Waals surface area contributed by atoms with Gasteiger partial charge in [0.1, 0.15) is 0 Å². The van der Waals surface area contributed by atoms with E-state index in [-0.39, 0.29) is 32.7 Å². The van der Waals surface area contributed by atoms with Crippen LogP contribution in [0.3, 0.4) is 0 Å². The molecule has 0 saturated heterocycles. The zero-order valence-corrected chi connectivity index (χ0v) is 29.3. The molecule has 0 amide bonds. The number of hydrogen-bond acceptors (Lipinski definition) is 8. The van der Waals surface area contributed by atoms with E-state index in [0.717, 1.165) is 48.8 Å². The van der Waals surface area contributed by atoms with E-state index in [0.29, 0.717) is 16.5 Å². The molecule has 0 aliphatic carbocycles. The van der Waals surface area contributed by atoms with Crippen LogP contribution in [0.25, 0.3) is 98.0 Å². The molecule has 10 rings (SSSR count). The molecule has 10 aromatic carbocycles. The highest BCUT2D eigenvalue weighted by atomic mass is 16.4. The smallest absolute Gasteiger partial charge is 0.204 e. The van der Waals surface area contributed by atoms with Gasteiger partial charge in [0.25, 0.3) is 0 Å². The lowest BCUT2D eigenvalue weighted by molar-refractivity contribution is 0.350. The molecule has 0 bridgehead atoms. The van der Waals surface area contributed by atoms with Crippen molar-refractivity contribution in [3.63, 3.8) is 0 Å². The SMILES string of the molecule is Oc1c(O)c(O)c2c(-c3cc4ccc5ccccc5c4c4ccccc34)c3c(O)c(O)c(O)c(O)c3c(-c3cccc(-c4ccc5ccccc5c4)c3)c2c1O. The standard InChI is InChI=1S/C48H30O8/c49-41-37-35(28-12-7-11-26(21-28)27-18-16-23-8-1-2-10-25(23)20-27)38-40(44(52)48(56)46(54)42(38)50)36(39(37)43(51)47(55)45(41)53)33-22-29-19-17-24-9-3-4-13-30(24)34(29)32-15-6-5-14-31(32)33/h1-22,49-56H. The Labute approximate surface area is 317 Å². The van der Waals surface area contributed by atoms with Gasteiger partial charge >= 0.3 is 0 Å². The summed E-state index contributed by atoms with van der Waals surface area (Å²) in [6.07, 6.45) is 0. The van der Waals surface area contributed by atoms with Gasteiger partial charge in [0, 0.05) is 32.7 Å². The Morgan fingerprint density at radius 2 is 0.714 bits per heavy atom. The van der Waals surface area contributed by atoms with E-state index in [2.05, 4.69) is 0 Å². The predicted molar refractivity (Wildman–Crippen MR) is 221 cm³/mol. The van der Waals surface area contributed by atoms with Gasteiger partial charge in [-0.2, -0.15) is 0 Å². The Morgan fingerprint density at radius 1 is 0.250 bits per heavy atom. The van der Waals surface area contributed by atoms with Crippen molar-refractivity contribution < 1.29 is 40.9 Å². The summed E-state index contributed by atoms with van der Waals surface area (Å²) in [6, 6.07) is 42.1. The fraction of sp³-hybridized carbons (Fsp3) is 0. The van der Waals surface area contributed by atoms with Gasteiger partial charge in [0.05, 0.1) is 0 Å². The molecule has 0 radical (unpaired) electrons. The van der Waals surface area contributed by atoms with Gasteiger partial charge in [0.15, 0.2) is 23.0 Å². The van der Waals surface area contributed by atoms with Crippen molar-refractivity contribution in [3.8, 4) is 79.4 Å². The van der Waals surface area contributed by atoms with Crippen molar-refractivity contribution in [2.24, 2.45) is 0 Å². The molecule has 0 saturated carbocycles. The van der Waals surface area contributed by atoms with Gasteiger partial charge in [-0.05, 0) is 83.5 Å². The van der Waals surface area contributed by atoms with Crippen molar-refractivity contribution in [2.45, 2.75) is 0 Å². The fourth-order valence-corrected chi connectivity index (χ4v) is 8.49. The second-order valence-electron chi connectivity index (χ2n) is 14.0. The second kappa shape index (κ2) is 11.8. The van der Waals surface area contributed by atoms with Crippen molar-refractivity contribution in [1.82, 2.24) is 0 Å². The number of phenolic OH excluding ortho intramolecular Hbond substituents is 8. The van der Waals surface area contributed by atoms with Crippen molar-refractivity contribution in [2.75, 3.05) is 0 Å². The van der Waals surface area contributed by atoms with Crippen LogP contribution in [-0.2, 0) is 0 Å². The summed E-state index contributed by atoms with van der Waals surface area (Å²) < 4.78 is 0. The molecule has 0 heterocycles. The zero-order valence-electron chi connectivity index (χ0n) is 29.3. The first-order valence-corrected chi connectivity index (χ1v) is 17.8. The molecular weight excluding hydrogens is 705 g/mol. The second-order valence-corrected chi connectivity index (χ2v) is 14.0. The highest BCUT2D eigenvalue weighted by Crippen LogP contribution is 2.62. The Bertz CT molecular complexity index is 3270. The molecule has 8 N–H and O–H groups in total. The van der Waals surface area contributed by atoms with Crippen molar-refractivity contribution >= 4 is 64.6 Å². The van der Waals surface area contributed by atoms with E-state index in [4.69, 9.17) is 0 Å². The van der Waals surface area contributed by atoms with E-state index in [1.165, 1.54) is 0 Å². The first-order valence-electron chi connectivity index (χ1n) is 17.8. The number of rotatable bonds is 3. The fourth-order valence-electron chi connectivity index (χ4n) is 8.49. The molecule has 8 nitrogen and oxygen atoms in total. The van der Waals surface area contributed by atoms with Crippen LogP contribution in [0.1, 0.15) is 0 Å². The minimum atomic E-state index is -1.02. The third-order valence-electron chi connectivity index (χ3n) is 11.0. The number of hydrogen-bond donors (Lipinski definition) is 8. The van der Waals surface area contributed by atoms with Crippen LogP contribution in [0.4, 0.5) is 0 Å². The van der Waals surface area contributed by atoms with Crippen LogP contribution >= 0.6 is 0 Å². The van der Waals surface area contributed by atoms with Crippen LogP contribution in [-0.4, -0.2) is 40.9 Å². The number of aromatic hydroxyl groups is 8. The monoisotopic (exact) mass is 734 g/mol. The van der Waals surface area contributed by atoms with Gasteiger partial charge in [-0.3, -0.25) is 0 Å². The molecule has 0 aliphatic rings. The zero-order chi connectivity index (χ0) is 38.6. The van der Waals surface area contributed by atoms with E-state index in [1.807, 2.05) is 115 Å². The molecule has 0 fully saturated rings. The number of phenols is 8. The summed E-state index contributed by atoms with van der Waals surface area (Å²) in [4.78, 5) is 0. The molecule has 0 unspecified atom stereocenters. The Balaban J connectivity index is 1.42. The number of fused-ring (bicyclic) bond motifs is 8. The van der Waals surface area contributed by atoms with Gasteiger partial charge < -0.3 is 40.9 Å². The van der Waals surface area contributed by atoms with Crippen LogP contribution in [0.2, 0.25) is 0 Å². The maximum Gasteiger partial charge on any atom is 0.204 e. The molecule has 8 heteroatoms. The molecule has 270 valence electrons. The average Bonchev–Trinajstić information content (AvgIpc) is 3.24. The van der Waals surface area contributed by atoms with Crippen LogP contribution in [0.15, 0.2) is 133 Å². The molecule has 0 aromatic heterocycles. The van der Waals surface area contributed by atoms with E-state index in [9.17, 15) is 40.9 Å². The molecule has 0 aliphatic heterocycles. The number of benzene rings is 10. The lowest BCUT2D eigenvalue weighted by atomic mass is 9.81. The highest BCUT2D eigenvalue weighted by Gasteiger charge is 2.33. The highest BCUT2D eigenvalue weighted by molar-refractivity contribution is 6.32. The third-order valence-corrected chi connectivity index (χ3v) is 11.0. The lowest BCUT2D eigenvalue weighted by Gasteiger charge is -2.23. The maximum absolute atomic E-state index is 11.9. The summed E-state index contributed by atoms with van der Waals surface area (Å²) in [6.45, 7) is 0. The molecular formula is C48H30O8. The Hall–Kier alpha value is -7.84. The summed E-state index contributed by atoms with van der Waals surface area (Å²) in [5, 5.41) is 98.3. The van der Waals surface area contributed by atoms with E-state index >= 15 is 0 Å². The van der Waals surface area contributed by atoms with Crippen molar-refractivity contribution in [3.05, 3.63) is 133 Å². The molecule has 0 atom stereocenters. The Morgan fingerprint density at radius 3 is 1.36 bits per heavy atom. The largest absolute Gasteiger partial charge is 0.504 e. The van der Waals surface area contributed by atoms with Crippen LogP contribution < -0.4 is 0 Å².